The number of aryl methyl sites for hydroxylation is 1. The number of aromatic nitrogens is 3. The number of nitrogens with zero attached hydrogens (tertiary/aromatic N) is 5. The van der Waals surface area contributed by atoms with E-state index in [1.807, 2.05) is 31.2 Å². The third-order valence-electron chi connectivity index (χ3n) is 4.22. The summed E-state index contributed by atoms with van der Waals surface area (Å²) in [5.74, 6) is 0.787. The quantitative estimate of drug-likeness (QED) is 0.385. The van der Waals surface area contributed by atoms with Crippen molar-refractivity contribution < 1.29 is 19.0 Å². The van der Waals surface area contributed by atoms with Gasteiger partial charge in [0.2, 0.25) is 17.8 Å². The van der Waals surface area contributed by atoms with Crippen LogP contribution in [0, 0.1) is 6.92 Å². The van der Waals surface area contributed by atoms with Crippen molar-refractivity contribution in [2.24, 2.45) is 0 Å². The summed E-state index contributed by atoms with van der Waals surface area (Å²) in [7, 11) is 3.10. The van der Waals surface area contributed by atoms with E-state index in [1.165, 1.54) is 18.9 Å². The molecule has 1 amide bonds. The van der Waals surface area contributed by atoms with Crippen molar-refractivity contribution in [2.45, 2.75) is 33.6 Å². The maximum Gasteiger partial charge on any atom is 0.239 e. The molecule has 0 aliphatic rings. The Morgan fingerprint density at radius 2 is 1.77 bits per heavy atom. The van der Waals surface area contributed by atoms with E-state index in [-0.39, 0.29) is 32.0 Å². The molecule has 1 heterocycles. The highest BCUT2D eigenvalue weighted by atomic mass is 16.5. The maximum atomic E-state index is 12.2. The van der Waals surface area contributed by atoms with Crippen LogP contribution in [0.2, 0.25) is 0 Å². The van der Waals surface area contributed by atoms with Crippen LogP contribution in [-0.4, -0.2) is 61.9 Å². The summed E-state index contributed by atoms with van der Waals surface area (Å²) in [6.45, 7) is 6.69. The number of anilines is 2. The summed E-state index contributed by atoms with van der Waals surface area (Å²) in [5.41, 5.74) is 1.90. The zero-order chi connectivity index (χ0) is 21.9. The SMILES string of the molecule is CCCCOCN(COC)c1nc(-c2cccc(C)c2)nc(N(COC)C(C)=O)n1. The maximum absolute atomic E-state index is 12.2. The lowest BCUT2D eigenvalue weighted by Gasteiger charge is -2.24. The van der Waals surface area contributed by atoms with Gasteiger partial charge >= 0.3 is 0 Å². The van der Waals surface area contributed by atoms with E-state index in [1.54, 1.807) is 12.0 Å². The van der Waals surface area contributed by atoms with E-state index in [4.69, 9.17) is 14.2 Å². The number of carbonyl (C=O) groups excluding carboxylic acids is 1. The van der Waals surface area contributed by atoms with Gasteiger partial charge in [-0.25, -0.2) is 0 Å². The molecule has 0 saturated carbocycles. The van der Waals surface area contributed by atoms with E-state index in [2.05, 4.69) is 21.9 Å². The number of benzene rings is 1. The van der Waals surface area contributed by atoms with Crippen LogP contribution < -0.4 is 9.80 Å². The number of hydrogen-bond donors (Lipinski definition) is 0. The molecule has 1 aromatic heterocycles. The van der Waals surface area contributed by atoms with Crippen molar-refractivity contribution in [3.05, 3.63) is 29.8 Å². The molecule has 2 rings (SSSR count). The molecule has 9 heteroatoms. The number of methoxy groups -OCH3 is 2. The van der Waals surface area contributed by atoms with Gasteiger partial charge in [-0.2, -0.15) is 15.0 Å². The van der Waals surface area contributed by atoms with Gasteiger partial charge in [-0.15, -0.1) is 0 Å². The van der Waals surface area contributed by atoms with Crippen LogP contribution in [0.1, 0.15) is 32.3 Å². The average molecular weight is 418 g/mol. The Balaban J connectivity index is 2.49. The first-order valence-electron chi connectivity index (χ1n) is 9.91. The molecular weight excluding hydrogens is 386 g/mol. The molecule has 0 fully saturated rings. The fourth-order valence-corrected chi connectivity index (χ4v) is 2.68. The van der Waals surface area contributed by atoms with Crippen molar-refractivity contribution in [1.29, 1.82) is 0 Å². The van der Waals surface area contributed by atoms with Crippen LogP contribution in [0.25, 0.3) is 11.4 Å². The minimum Gasteiger partial charge on any atom is -0.364 e. The van der Waals surface area contributed by atoms with E-state index in [0.29, 0.717) is 18.4 Å². The highest BCUT2D eigenvalue weighted by Crippen LogP contribution is 2.22. The minimum absolute atomic E-state index is 0.0311. The third kappa shape index (κ3) is 6.72. The number of hydrogen-bond acceptors (Lipinski definition) is 8. The zero-order valence-corrected chi connectivity index (χ0v) is 18.4. The predicted molar refractivity (Wildman–Crippen MR) is 115 cm³/mol. The zero-order valence-electron chi connectivity index (χ0n) is 18.4. The lowest BCUT2D eigenvalue weighted by atomic mass is 10.1. The summed E-state index contributed by atoms with van der Waals surface area (Å²) in [5, 5.41) is 0. The van der Waals surface area contributed by atoms with Crippen molar-refractivity contribution in [2.75, 3.05) is 50.8 Å². The Hall–Kier alpha value is -2.62. The first-order valence-corrected chi connectivity index (χ1v) is 9.91. The number of ether oxygens (including phenoxy) is 3. The monoisotopic (exact) mass is 417 g/mol. The smallest absolute Gasteiger partial charge is 0.239 e. The molecule has 0 aliphatic heterocycles. The first kappa shape index (κ1) is 23.7. The van der Waals surface area contributed by atoms with Crippen LogP contribution in [0.5, 0.6) is 0 Å². The number of amides is 1. The highest BCUT2D eigenvalue weighted by molar-refractivity contribution is 5.89. The molecule has 0 unspecified atom stereocenters. The molecule has 0 radical (unpaired) electrons. The number of carbonyl (C=O) groups is 1. The Morgan fingerprint density at radius 3 is 2.40 bits per heavy atom. The second-order valence-electron chi connectivity index (χ2n) is 6.84. The van der Waals surface area contributed by atoms with Gasteiger partial charge in [0, 0.05) is 33.3 Å². The Kier molecular flexibility index (Phi) is 9.59. The normalized spacial score (nSPS) is 10.8. The largest absolute Gasteiger partial charge is 0.364 e. The fraction of sp³-hybridized carbons (Fsp3) is 0.524. The van der Waals surface area contributed by atoms with Crippen LogP contribution in [-0.2, 0) is 19.0 Å². The number of rotatable bonds is 12. The van der Waals surface area contributed by atoms with Gasteiger partial charge in [-0.1, -0.05) is 37.1 Å². The summed E-state index contributed by atoms with van der Waals surface area (Å²) < 4.78 is 16.2. The Bertz CT molecular complexity index is 818. The van der Waals surface area contributed by atoms with Crippen LogP contribution in [0.15, 0.2) is 24.3 Å². The van der Waals surface area contributed by atoms with Crippen LogP contribution >= 0.6 is 0 Å². The molecule has 0 aliphatic carbocycles. The van der Waals surface area contributed by atoms with Crippen molar-refractivity contribution in [3.8, 4) is 11.4 Å². The molecule has 0 N–H and O–H groups in total. The molecule has 0 spiro atoms. The molecule has 0 bridgehead atoms. The third-order valence-corrected chi connectivity index (χ3v) is 4.22. The lowest BCUT2D eigenvalue weighted by Crippen LogP contribution is -2.35. The second kappa shape index (κ2) is 12.2. The number of unbranched alkanes of at least 4 members (excludes halogenated alkanes) is 1. The molecule has 2 aromatic rings. The van der Waals surface area contributed by atoms with Gasteiger partial charge in [-0.3, -0.25) is 14.6 Å². The van der Waals surface area contributed by atoms with Gasteiger partial charge in [0.1, 0.15) is 20.2 Å². The molecule has 0 saturated heterocycles. The molecule has 9 nitrogen and oxygen atoms in total. The van der Waals surface area contributed by atoms with Crippen LogP contribution in [0.3, 0.4) is 0 Å². The van der Waals surface area contributed by atoms with E-state index < -0.39 is 0 Å². The minimum atomic E-state index is -0.235. The first-order chi connectivity index (χ1) is 14.5. The van der Waals surface area contributed by atoms with Crippen molar-refractivity contribution >= 4 is 17.8 Å². The standard InChI is InChI=1S/C21H31N5O4/c1-6-7-11-30-14-25(13-28-4)20-22-19(18-10-8-9-16(2)12-18)23-21(24-20)26(15-29-5)17(3)27/h8-10,12H,6-7,11,13-15H2,1-5H3. The van der Waals surface area contributed by atoms with Gasteiger partial charge < -0.3 is 14.2 Å². The van der Waals surface area contributed by atoms with E-state index in [0.717, 1.165) is 24.0 Å². The second-order valence-corrected chi connectivity index (χ2v) is 6.84. The van der Waals surface area contributed by atoms with E-state index in [9.17, 15) is 4.79 Å². The molecular formula is C21H31N5O4. The van der Waals surface area contributed by atoms with Gasteiger partial charge in [-0.05, 0) is 19.4 Å². The summed E-state index contributed by atoms with van der Waals surface area (Å²) in [6.07, 6.45) is 2.01. The van der Waals surface area contributed by atoms with Crippen molar-refractivity contribution in [1.82, 2.24) is 15.0 Å². The average Bonchev–Trinajstić information content (AvgIpc) is 2.73. The summed E-state index contributed by atoms with van der Waals surface area (Å²) in [6, 6.07) is 7.84. The molecule has 1 aromatic carbocycles. The van der Waals surface area contributed by atoms with Gasteiger partial charge in [0.25, 0.3) is 0 Å². The van der Waals surface area contributed by atoms with Crippen molar-refractivity contribution in [3.63, 3.8) is 0 Å². The van der Waals surface area contributed by atoms with E-state index >= 15 is 0 Å². The predicted octanol–water partition coefficient (Wildman–Crippen LogP) is 2.99. The van der Waals surface area contributed by atoms with Crippen LogP contribution in [0.4, 0.5) is 11.9 Å². The highest BCUT2D eigenvalue weighted by Gasteiger charge is 2.21. The van der Waals surface area contributed by atoms with Gasteiger partial charge in [0.05, 0.1) is 0 Å². The lowest BCUT2D eigenvalue weighted by molar-refractivity contribution is -0.117. The topological polar surface area (TPSA) is 89.9 Å². The fourth-order valence-electron chi connectivity index (χ4n) is 2.68. The van der Waals surface area contributed by atoms with Gasteiger partial charge in [0.15, 0.2) is 5.82 Å². The molecule has 164 valence electrons. The molecule has 30 heavy (non-hydrogen) atoms. The Morgan fingerprint density at radius 1 is 1.03 bits per heavy atom. The molecule has 0 atom stereocenters. The summed E-state index contributed by atoms with van der Waals surface area (Å²) >= 11 is 0. The Labute approximate surface area is 178 Å². The summed E-state index contributed by atoms with van der Waals surface area (Å²) in [4.78, 5) is 28.9.